The number of benzene rings is 1. The largest absolute Gasteiger partial charge is 0.462 e. The summed E-state index contributed by atoms with van der Waals surface area (Å²) in [6.45, 7) is 9.93. The number of urea groups is 1. The Kier molecular flexibility index (Phi) is 5.44. The molecule has 0 aliphatic carbocycles. The summed E-state index contributed by atoms with van der Waals surface area (Å²) in [5.41, 5.74) is -4.17. The van der Waals surface area contributed by atoms with Gasteiger partial charge in [0.2, 0.25) is 5.43 Å². The second-order valence-electron chi connectivity index (χ2n) is 10.9. The van der Waals surface area contributed by atoms with Gasteiger partial charge in [-0.3, -0.25) is 24.2 Å². The van der Waals surface area contributed by atoms with Gasteiger partial charge in [-0.15, -0.1) is 0 Å². The first kappa shape index (κ1) is 24.6. The maximum atomic E-state index is 13.6. The van der Waals surface area contributed by atoms with Crippen LogP contribution < -0.4 is 5.43 Å². The van der Waals surface area contributed by atoms with Crippen LogP contribution in [0.3, 0.4) is 0 Å². The molecule has 35 heavy (non-hydrogen) atoms. The van der Waals surface area contributed by atoms with Crippen LogP contribution in [0.2, 0.25) is 0 Å². The number of fused-ring (bicyclic) bond motifs is 2. The van der Waals surface area contributed by atoms with E-state index < -0.39 is 40.5 Å². The smallest absolute Gasteiger partial charge is 0.333 e. The van der Waals surface area contributed by atoms with Gasteiger partial charge in [-0.2, -0.15) is 0 Å². The van der Waals surface area contributed by atoms with Gasteiger partial charge in [-0.1, -0.05) is 32.9 Å². The number of carbonyl (C=O) groups is 3. The Labute approximate surface area is 202 Å². The van der Waals surface area contributed by atoms with E-state index in [2.05, 4.69) is 20.8 Å². The number of nitrogens with zero attached hydrogens (tertiary/aromatic N) is 3. The van der Waals surface area contributed by atoms with Crippen LogP contribution in [0.25, 0.3) is 11.0 Å². The first-order valence-electron chi connectivity index (χ1n) is 11.2. The number of likely N-dealkylation sites (N-methyl/N-ethyl adjacent to an activating group) is 2. The van der Waals surface area contributed by atoms with Crippen molar-refractivity contribution in [1.82, 2.24) is 9.80 Å². The SMILES string of the molecule is CN1C(=O)N(C)C(=O)C(O)(C2OC(=NC(C)(C)CC(C)(C)C)c3oc4ccccc4c(=O)c32)C1=O. The van der Waals surface area contributed by atoms with Crippen molar-refractivity contribution in [1.29, 1.82) is 0 Å². The topological polar surface area (TPSA) is 130 Å². The van der Waals surface area contributed by atoms with E-state index in [0.717, 1.165) is 14.1 Å². The van der Waals surface area contributed by atoms with Crippen LogP contribution in [-0.4, -0.2) is 63.9 Å². The van der Waals surface area contributed by atoms with Gasteiger partial charge in [0, 0.05) is 14.1 Å². The Morgan fingerprint density at radius 1 is 1.00 bits per heavy atom. The summed E-state index contributed by atoms with van der Waals surface area (Å²) in [4.78, 5) is 58.0. The van der Waals surface area contributed by atoms with Crippen molar-refractivity contribution in [2.75, 3.05) is 14.1 Å². The van der Waals surface area contributed by atoms with E-state index in [1.807, 2.05) is 13.8 Å². The zero-order chi connectivity index (χ0) is 26.1. The number of hydrogen-bond donors (Lipinski definition) is 1. The molecule has 10 heteroatoms. The van der Waals surface area contributed by atoms with E-state index >= 15 is 0 Å². The average Bonchev–Trinajstić information content (AvgIpc) is 3.11. The van der Waals surface area contributed by atoms with Crippen molar-refractivity contribution in [3.63, 3.8) is 0 Å². The number of hydrogen-bond acceptors (Lipinski definition) is 8. The molecule has 186 valence electrons. The Hall–Kier alpha value is -3.53. The first-order valence-corrected chi connectivity index (χ1v) is 11.2. The normalized spacial score (nSPS) is 21.7. The lowest BCUT2D eigenvalue weighted by molar-refractivity contribution is -0.179. The van der Waals surface area contributed by atoms with Crippen LogP contribution in [0.15, 0.2) is 38.5 Å². The van der Waals surface area contributed by atoms with Crippen LogP contribution in [0.1, 0.15) is 58.5 Å². The molecular weight excluding hydrogens is 454 g/mol. The van der Waals surface area contributed by atoms with E-state index in [9.17, 15) is 24.3 Å². The zero-order valence-electron chi connectivity index (χ0n) is 20.8. The Bertz CT molecular complexity index is 1330. The standard InChI is InChI=1S/C25H29N3O7/c1-23(2,3)12-24(4,5)26-19-17-15(16(29)13-10-8-9-11-14(13)34-17)18(35-19)25(33)20(30)27(6)22(32)28(7)21(25)31/h8-11,18,33H,12H2,1-7H3. The summed E-state index contributed by atoms with van der Waals surface area (Å²) in [7, 11) is 2.28. The number of rotatable bonds is 3. The minimum Gasteiger partial charge on any atom is -0.462 e. The van der Waals surface area contributed by atoms with E-state index in [1.165, 1.54) is 6.07 Å². The number of imide groups is 2. The molecule has 4 amide bonds. The van der Waals surface area contributed by atoms with Crippen molar-refractivity contribution >= 4 is 34.7 Å². The minimum atomic E-state index is -2.88. The Morgan fingerprint density at radius 2 is 1.57 bits per heavy atom. The molecule has 10 nitrogen and oxygen atoms in total. The molecule has 2 aliphatic heterocycles. The number of para-hydroxylation sites is 1. The third-order valence-corrected chi connectivity index (χ3v) is 6.10. The fraction of sp³-hybridized carbons (Fsp3) is 0.480. The minimum absolute atomic E-state index is 0.0584. The highest BCUT2D eigenvalue weighted by Crippen LogP contribution is 2.42. The van der Waals surface area contributed by atoms with E-state index in [1.54, 1.807) is 18.2 Å². The van der Waals surface area contributed by atoms with Gasteiger partial charge in [-0.05, 0) is 37.8 Å². The monoisotopic (exact) mass is 483 g/mol. The number of amides is 4. The lowest BCUT2D eigenvalue weighted by Gasteiger charge is -2.40. The maximum Gasteiger partial charge on any atom is 0.333 e. The van der Waals surface area contributed by atoms with Gasteiger partial charge in [-0.25, -0.2) is 9.79 Å². The van der Waals surface area contributed by atoms with Crippen molar-refractivity contribution in [2.45, 2.75) is 58.3 Å². The molecule has 3 heterocycles. The van der Waals surface area contributed by atoms with Crippen molar-refractivity contribution in [3.8, 4) is 0 Å². The molecule has 1 saturated heterocycles. The summed E-state index contributed by atoms with van der Waals surface area (Å²) >= 11 is 0. The van der Waals surface area contributed by atoms with E-state index in [-0.39, 0.29) is 33.6 Å². The molecule has 0 radical (unpaired) electrons. The molecule has 1 unspecified atom stereocenters. The Balaban J connectivity index is 1.97. The van der Waals surface area contributed by atoms with Gasteiger partial charge in [0.05, 0.1) is 16.5 Å². The summed E-state index contributed by atoms with van der Waals surface area (Å²) in [6, 6.07) is 5.57. The fourth-order valence-electron chi connectivity index (χ4n) is 4.99. The number of ether oxygens (including phenoxy) is 1. The molecule has 4 rings (SSSR count). The highest BCUT2D eigenvalue weighted by molar-refractivity contribution is 6.22. The van der Waals surface area contributed by atoms with Crippen molar-refractivity contribution in [2.24, 2.45) is 10.4 Å². The predicted molar refractivity (Wildman–Crippen MR) is 127 cm³/mol. The number of aliphatic imine (C=N–C) groups is 1. The van der Waals surface area contributed by atoms with Gasteiger partial charge in [0.1, 0.15) is 5.58 Å². The van der Waals surface area contributed by atoms with Crippen molar-refractivity contribution in [3.05, 3.63) is 45.8 Å². The van der Waals surface area contributed by atoms with Crippen molar-refractivity contribution < 1.29 is 28.6 Å². The predicted octanol–water partition coefficient (Wildman–Crippen LogP) is 2.61. The summed E-state index contributed by atoms with van der Waals surface area (Å²) in [5, 5.41) is 11.7. The number of carbonyl (C=O) groups excluding carboxylic acids is 3. The molecule has 2 aromatic rings. The molecule has 1 aromatic heterocycles. The van der Waals surface area contributed by atoms with Gasteiger partial charge in [0.25, 0.3) is 23.3 Å². The summed E-state index contributed by atoms with van der Waals surface area (Å²) in [6.07, 6.45) is -1.13. The summed E-state index contributed by atoms with van der Waals surface area (Å²) < 4.78 is 12.0. The Morgan fingerprint density at radius 3 is 2.14 bits per heavy atom. The van der Waals surface area contributed by atoms with Crippen LogP contribution in [0, 0.1) is 5.41 Å². The molecule has 2 aliphatic rings. The van der Waals surface area contributed by atoms with Gasteiger partial charge in [0.15, 0.2) is 11.9 Å². The molecule has 1 fully saturated rings. The van der Waals surface area contributed by atoms with Gasteiger partial charge < -0.3 is 14.3 Å². The molecule has 1 aromatic carbocycles. The average molecular weight is 484 g/mol. The second-order valence-corrected chi connectivity index (χ2v) is 10.9. The highest BCUT2D eigenvalue weighted by atomic mass is 16.5. The third-order valence-electron chi connectivity index (χ3n) is 6.10. The summed E-state index contributed by atoms with van der Waals surface area (Å²) in [5.74, 6) is -2.57. The highest BCUT2D eigenvalue weighted by Gasteiger charge is 2.64. The fourth-order valence-corrected chi connectivity index (χ4v) is 4.99. The quantitative estimate of drug-likeness (QED) is 0.664. The lowest BCUT2D eigenvalue weighted by Crippen LogP contribution is -2.69. The van der Waals surface area contributed by atoms with E-state index in [0.29, 0.717) is 16.2 Å². The lowest BCUT2D eigenvalue weighted by atomic mass is 9.82. The maximum absolute atomic E-state index is 13.6. The first-order chi connectivity index (χ1) is 16.1. The zero-order valence-corrected chi connectivity index (χ0v) is 20.8. The van der Waals surface area contributed by atoms with Crippen LogP contribution in [0.4, 0.5) is 4.79 Å². The molecular formula is C25H29N3O7. The molecule has 1 N–H and O–H groups in total. The molecule has 1 atom stereocenters. The van der Waals surface area contributed by atoms with Crippen LogP contribution in [-0.2, 0) is 14.3 Å². The number of aliphatic hydroxyl groups is 1. The van der Waals surface area contributed by atoms with Crippen LogP contribution >= 0.6 is 0 Å². The second kappa shape index (κ2) is 7.74. The molecule has 0 spiro atoms. The third kappa shape index (κ3) is 3.81. The number of barbiturate groups is 1. The molecule has 0 bridgehead atoms. The van der Waals surface area contributed by atoms with Gasteiger partial charge >= 0.3 is 6.03 Å². The van der Waals surface area contributed by atoms with Crippen LogP contribution in [0.5, 0.6) is 0 Å². The van der Waals surface area contributed by atoms with E-state index in [4.69, 9.17) is 14.1 Å². The molecule has 0 saturated carbocycles.